The summed E-state index contributed by atoms with van der Waals surface area (Å²) in [6, 6.07) is 10.3. The van der Waals surface area contributed by atoms with Crippen molar-refractivity contribution in [3.63, 3.8) is 0 Å². The van der Waals surface area contributed by atoms with Gasteiger partial charge in [-0.15, -0.1) is 0 Å². The summed E-state index contributed by atoms with van der Waals surface area (Å²) >= 11 is 1.32. The average molecular weight is 402 g/mol. The van der Waals surface area contributed by atoms with Crippen LogP contribution in [0.3, 0.4) is 0 Å². The molecule has 0 saturated carbocycles. The van der Waals surface area contributed by atoms with E-state index in [1.54, 1.807) is 30.3 Å². The third-order valence-electron chi connectivity index (χ3n) is 3.36. The first-order chi connectivity index (χ1) is 13.5. The number of benzene rings is 1. The van der Waals surface area contributed by atoms with Gasteiger partial charge in [0.1, 0.15) is 10.7 Å². The van der Waals surface area contributed by atoms with Crippen molar-refractivity contribution >= 4 is 35.4 Å². The van der Waals surface area contributed by atoms with E-state index in [2.05, 4.69) is 19.8 Å². The van der Waals surface area contributed by atoms with Crippen molar-refractivity contribution in [2.45, 2.75) is 9.92 Å². The van der Waals surface area contributed by atoms with Gasteiger partial charge in [-0.3, -0.25) is 0 Å². The average Bonchev–Trinajstić information content (AvgIpc) is 2.72. The lowest BCUT2D eigenvalue weighted by molar-refractivity contribution is -0.138. The third kappa shape index (κ3) is 5.85. The first-order valence-corrected chi connectivity index (χ1v) is 8.75. The molecule has 0 aliphatic carbocycles. The Hall–Kier alpha value is -3.33. The van der Waals surface area contributed by atoms with E-state index >= 15 is 0 Å². The van der Waals surface area contributed by atoms with Crippen LogP contribution in [0, 0.1) is 0 Å². The van der Waals surface area contributed by atoms with Gasteiger partial charge in [-0.2, -0.15) is 0 Å². The highest BCUT2D eigenvalue weighted by Crippen LogP contribution is 2.29. The molecule has 1 heterocycles. The van der Waals surface area contributed by atoms with Crippen LogP contribution in [-0.4, -0.2) is 44.2 Å². The smallest absolute Gasteiger partial charge is 0.354 e. The van der Waals surface area contributed by atoms with Gasteiger partial charge in [0.25, 0.3) is 0 Å². The molecule has 146 valence electrons. The minimum absolute atomic E-state index is 0.0673. The molecular weight excluding hydrogens is 384 g/mol. The zero-order valence-corrected chi connectivity index (χ0v) is 16.2. The number of ether oxygens (including phenoxy) is 3. The maximum Gasteiger partial charge on any atom is 0.354 e. The Bertz CT molecular complexity index is 913. The van der Waals surface area contributed by atoms with Crippen LogP contribution in [0.5, 0.6) is 0 Å². The Morgan fingerprint density at radius 2 is 1.82 bits per heavy atom. The van der Waals surface area contributed by atoms with Gasteiger partial charge in [0.15, 0.2) is 0 Å². The number of methoxy groups -OCH3 is 3. The molecule has 0 aliphatic rings. The van der Waals surface area contributed by atoms with Gasteiger partial charge >= 0.3 is 17.9 Å². The summed E-state index contributed by atoms with van der Waals surface area (Å²) in [6.07, 6.45) is 2.53. The van der Waals surface area contributed by atoms with Crippen molar-refractivity contribution in [2.24, 2.45) is 0 Å². The molecule has 0 radical (unpaired) electrons. The molecule has 1 aromatic heterocycles. The van der Waals surface area contributed by atoms with Gasteiger partial charge in [-0.05, 0) is 30.3 Å². The molecule has 8 nitrogen and oxygen atoms in total. The first-order valence-electron chi connectivity index (χ1n) is 7.94. The van der Waals surface area contributed by atoms with E-state index < -0.39 is 17.9 Å². The molecule has 0 unspecified atom stereocenters. The maximum absolute atomic E-state index is 11.9. The van der Waals surface area contributed by atoms with E-state index in [1.165, 1.54) is 39.3 Å². The normalized spacial score (nSPS) is 10.8. The summed E-state index contributed by atoms with van der Waals surface area (Å²) < 4.78 is 13.9. The van der Waals surface area contributed by atoms with Gasteiger partial charge in [0.05, 0.1) is 33.0 Å². The van der Waals surface area contributed by atoms with Gasteiger partial charge in [-0.25, -0.2) is 19.4 Å². The number of nitrogens with zero attached hydrogens (tertiary/aromatic N) is 1. The highest BCUT2D eigenvalue weighted by Gasteiger charge is 2.13. The summed E-state index contributed by atoms with van der Waals surface area (Å²) in [6.45, 7) is 0. The van der Waals surface area contributed by atoms with E-state index in [4.69, 9.17) is 4.74 Å². The maximum atomic E-state index is 11.9. The van der Waals surface area contributed by atoms with Crippen molar-refractivity contribution in [2.75, 3.05) is 26.6 Å². The third-order valence-corrected chi connectivity index (χ3v) is 4.28. The number of rotatable bonds is 7. The standard InChI is InChI=1S/C19H18N2O6S/c1-25-17(22)11-15(19(24)27-3)21-13-5-4-6-14(10-13)28-16-9-12(7-8-20-16)18(23)26-2/h4-11,21H,1-3H3/b15-11+. The lowest BCUT2D eigenvalue weighted by atomic mass is 10.3. The van der Waals surface area contributed by atoms with Crippen LogP contribution in [0.1, 0.15) is 10.4 Å². The predicted octanol–water partition coefficient (Wildman–Crippen LogP) is 2.66. The second-order valence-corrected chi connectivity index (χ2v) is 6.30. The highest BCUT2D eigenvalue weighted by atomic mass is 32.2. The van der Waals surface area contributed by atoms with E-state index in [9.17, 15) is 14.4 Å². The van der Waals surface area contributed by atoms with Crippen LogP contribution in [-0.2, 0) is 23.8 Å². The second-order valence-electron chi connectivity index (χ2n) is 5.20. The van der Waals surface area contributed by atoms with Crippen LogP contribution in [0.2, 0.25) is 0 Å². The second kappa shape index (κ2) is 10.1. The van der Waals surface area contributed by atoms with Crippen LogP contribution in [0.4, 0.5) is 5.69 Å². The molecule has 0 saturated heterocycles. The van der Waals surface area contributed by atoms with Crippen molar-refractivity contribution in [1.29, 1.82) is 0 Å². The number of pyridine rings is 1. The van der Waals surface area contributed by atoms with E-state index in [0.717, 1.165) is 11.0 Å². The number of aromatic nitrogens is 1. The van der Waals surface area contributed by atoms with Crippen molar-refractivity contribution in [3.05, 3.63) is 59.9 Å². The molecule has 1 N–H and O–H groups in total. The topological polar surface area (TPSA) is 104 Å². The van der Waals surface area contributed by atoms with Crippen molar-refractivity contribution in [1.82, 2.24) is 4.98 Å². The molecular formula is C19H18N2O6S. The van der Waals surface area contributed by atoms with Crippen molar-refractivity contribution < 1.29 is 28.6 Å². The summed E-state index contributed by atoms with van der Waals surface area (Å²) in [4.78, 5) is 40.0. The van der Waals surface area contributed by atoms with Crippen LogP contribution >= 0.6 is 11.8 Å². The van der Waals surface area contributed by atoms with E-state index in [0.29, 0.717) is 16.3 Å². The molecule has 2 rings (SSSR count). The number of carbonyl (C=O) groups excluding carboxylic acids is 3. The van der Waals surface area contributed by atoms with E-state index in [-0.39, 0.29) is 5.70 Å². The van der Waals surface area contributed by atoms with Crippen LogP contribution in [0.15, 0.2) is 64.3 Å². The van der Waals surface area contributed by atoms with Gasteiger partial charge in [0.2, 0.25) is 0 Å². The highest BCUT2D eigenvalue weighted by molar-refractivity contribution is 7.99. The summed E-state index contributed by atoms with van der Waals surface area (Å²) in [5.74, 6) is -1.85. The largest absolute Gasteiger partial charge is 0.466 e. The number of esters is 3. The molecule has 0 amide bonds. The summed E-state index contributed by atoms with van der Waals surface area (Å²) in [7, 11) is 3.73. The first kappa shape index (κ1) is 21.0. The molecule has 1 aromatic carbocycles. The van der Waals surface area contributed by atoms with E-state index in [1.807, 2.05) is 6.07 Å². The monoisotopic (exact) mass is 402 g/mol. The molecule has 9 heteroatoms. The zero-order valence-electron chi connectivity index (χ0n) is 15.4. The fraction of sp³-hybridized carbons (Fsp3) is 0.158. The van der Waals surface area contributed by atoms with Crippen LogP contribution < -0.4 is 5.32 Å². The number of anilines is 1. The summed E-state index contributed by atoms with van der Waals surface area (Å²) in [5.41, 5.74) is 0.875. The fourth-order valence-corrected chi connectivity index (χ4v) is 2.93. The fourth-order valence-electron chi connectivity index (χ4n) is 2.06. The number of nitrogens with one attached hydrogen (secondary N) is 1. The Morgan fingerprint density at radius 1 is 1.04 bits per heavy atom. The molecule has 0 bridgehead atoms. The lowest BCUT2D eigenvalue weighted by Gasteiger charge is -2.10. The molecule has 2 aromatic rings. The minimum atomic E-state index is -0.712. The number of hydrogen-bond acceptors (Lipinski definition) is 9. The predicted molar refractivity (Wildman–Crippen MR) is 102 cm³/mol. The molecule has 0 atom stereocenters. The summed E-state index contributed by atoms with van der Waals surface area (Å²) in [5, 5.41) is 3.43. The Balaban J connectivity index is 2.21. The van der Waals surface area contributed by atoms with Crippen molar-refractivity contribution in [3.8, 4) is 0 Å². The molecule has 0 fully saturated rings. The van der Waals surface area contributed by atoms with Gasteiger partial charge < -0.3 is 19.5 Å². The quantitative estimate of drug-likeness (QED) is 0.425. The Morgan fingerprint density at radius 3 is 2.50 bits per heavy atom. The number of hydrogen-bond donors (Lipinski definition) is 1. The Labute approximate surface area is 165 Å². The zero-order chi connectivity index (χ0) is 20.5. The molecule has 28 heavy (non-hydrogen) atoms. The lowest BCUT2D eigenvalue weighted by Crippen LogP contribution is -2.15. The van der Waals surface area contributed by atoms with Gasteiger partial charge in [0, 0.05) is 16.8 Å². The van der Waals surface area contributed by atoms with Crippen LogP contribution in [0.25, 0.3) is 0 Å². The SMILES string of the molecule is COC(=O)/C=C(/Nc1cccc(Sc2cc(C(=O)OC)ccn2)c1)C(=O)OC. The molecule has 0 spiro atoms. The van der Waals surface area contributed by atoms with Gasteiger partial charge in [-0.1, -0.05) is 17.8 Å². The molecule has 0 aliphatic heterocycles. The number of carbonyl (C=O) groups is 3. The minimum Gasteiger partial charge on any atom is -0.466 e. The Kier molecular flexibility index (Phi) is 7.58.